The number of amides is 1. The maximum Gasteiger partial charge on any atom is 0.357 e. The average molecular weight is 304 g/mol. The van der Waals surface area contributed by atoms with Gasteiger partial charge in [0.1, 0.15) is 25.3 Å². The van der Waals surface area contributed by atoms with E-state index in [0.29, 0.717) is 30.4 Å². The molecule has 7 nitrogen and oxygen atoms in total. The molecule has 0 saturated heterocycles. The van der Waals surface area contributed by atoms with Crippen LogP contribution in [-0.2, 0) is 19.0 Å². The summed E-state index contributed by atoms with van der Waals surface area (Å²) in [4.78, 5) is 27.9. The standard InChI is InChI=1S/C15H16N2O5/c1-20-15(19)13-10(11-8-21-6-7-22-11)4-5-12(16-13)17-14(18)9-2-3-9/h4-5,8-9H,2-3,6-7H2,1H3,(H,16,17,18). The second-order valence-electron chi connectivity index (χ2n) is 5.05. The highest BCUT2D eigenvalue weighted by Gasteiger charge is 2.30. The number of nitrogens with one attached hydrogen (secondary N) is 1. The topological polar surface area (TPSA) is 86.8 Å². The lowest BCUT2D eigenvalue weighted by atomic mass is 10.1. The van der Waals surface area contributed by atoms with E-state index in [4.69, 9.17) is 14.2 Å². The van der Waals surface area contributed by atoms with Crippen LogP contribution in [0, 0.1) is 5.92 Å². The first kappa shape index (κ1) is 14.4. The molecule has 1 amide bonds. The molecule has 3 rings (SSSR count). The van der Waals surface area contributed by atoms with Gasteiger partial charge in [0.25, 0.3) is 0 Å². The molecule has 7 heteroatoms. The van der Waals surface area contributed by atoms with Crippen molar-refractivity contribution in [3.63, 3.8) is 0 Å². The summed E-state index contributed by atoms with van der Waals surface area (Å²) in [5, 5.41) is 2.70. The number of ether oxygens (including phenoxy) is 3. The van der Waals surface area contributed by atoms with Crippen molar-refractivity contribution >= 4 is 23.5 Å². The Bertz CT molecular complexity index is 637. The average Bonchev–Trinajstić information content (AvgIpc) is 3.40. The van der Waals surface area contributed by atoms with Crippen molar-refractivity contribution in [1.29, 1.82) is 0 Å². The van der Waals surface area contributed by atoms with Crippen molar-refractivity contribution in [1.82, 2.24) is 4.98 Å². The molecule has 2 heterocycles. The Balaban J connectivity index is 1.90. The molecule has 0 atom stereocenters. The van der Waals surface area contributed by atoms with E-state index in [-0.39, 0.29) is 17.5 Å². The Morgan fingerprint density at radius 2 is 2.14 bits per heavy atom. The first-order chi connectivity index (χ1) is 10.7. The van der Waals surface area contributed by atoms with Crippen molar-refractivity contribution in [3.8, 4) is 0 Å². The zero-order valence-corrected chi connectivity index (χ0v) is 12.1. The van der Waals surface area contributed by atoms with Crippen LogP contribution in [0.4, 0.5) is 5.82 Å². The zero-order chi connectivity index (χ0) is 15.5. The predicted molar refractivity (Wildman–Crippen MR) is 76.8 cm³/mol. The Morgan fingerprint density at radius 1 is 1.32 bits per heavy atom. The van der Waals surface area contributed by atoms with Crippen LogP contribution in [0.2, 0.25) is 0 Å². The molecule has 0 bridgehead atoms. The van der Waals surface area contributed by atoms with Gasteiger partial charge in [0, 0.05) is 5.92 Å². The number of anilines is 1. The molecule has 116 valence electrons. The fourth-order valence-electron chi connectivity index (χ4n) is 2.06. The molecular weight excluding hydrogens is 288 g/mol. The van der Waals surface area contributed by atoms with Gasteiger partial charge in [0.15, 0.2) is 11.5 Å². The fraction of sp³-hybridized carbons (Fsp3) is 0.400. The zero-order valence-electron chi connectivity index (χ0n) is 12.1. The first-order valence-electron chi connectivity index (χ1n) is 7.04. The molecule has 1 aromatic heterocycles. The molecule has 0 aromatic carbocycles. The van der Waals surface area contributed by atoms with E-state index in [0.717, 1.165) is 12.8 Å². The lowest BCUT2D eigenvalue weighted by Crippen LogP contribution is -2.18. The Kier molecular flexibility index (Phi) is 3.95. The Labute approximate surface area is 127 Å². The molecule has 0 unspecified atom stereocenters. The maximum absolute atomic E-state index is 11.9. The maximum atomic E-state index is 11.9. The summed E-state index contributed by atoms with van der Waals surface area (Å²) in [6, 6.07) is 3.28. The molecule has 1 aliphatic carbocycles. The Morgan fingerprint density at radius 3 is 2.77 bits per heavy atom. The molecule has 0 spiro atoms. The van der Waals surface area contributed by atoms with E-state index in [2.05, 4.69) is 10.3 Å². The smallest absolute Gasteiger partial charge is 0.357 e. The van der Waals surface area contributed by atoms with Gasteiger partial charge in [-0.1, -0.05) is 0 Å². The van der Waals surface area contributed by atoms with Crippen molar-refractivity contribution in [2.24, 2.45) is 5.92 Å². The summed E-state index contributed by atoms with van der Waals surface area (Å²) in [5.41, 5.74) is 0.545. The second-order valence-corrected chi connectivity index (χ2v) is 5.05. The number of aromatic nitrogens is 1. The highest BCUT2D eigenvalue weighted by molar-refractivity contribution is 5.96. The summed E-state index contributed by atoms with van der Waals surface area (Å²) in [6.07, 6.45) is 3.23. The van der Waals surface area contributed by atoms with Gasteiger partial charge in [0.2, 0.25) is 5.91 Å². The van der Waals surface area contributed by atoms with Crippen molar-refractivity contribution in [2.45, 2.75) is 12.8 Å². The highest BCUT2D eigenvalue weighted by Crippen LogP contribution is 2.30. The summed E-state index contributed by atoms with van der Waals surface area (Å²) in [5.74, 6) is 0.110. The summed E-state index contributed by atoms with van der Waals surface area (Å²) in [7, 11) is 1.27. The van der Waals surface area contributed by atoms with E-state index in [1.807, 2.05) is 0 Å². The number of methoxy groups -OCH3 is 1. The van der Waals surface area contributed by atoms with Crippen LogP contribution in [-0.4, -0.2) is 37.2 Å². The molecule has 1 saturated carbocycles. The van der Waals surface area contributed by atoms with Gasteiger partial charge in [0.05, 0.1) is 12.7 Å². The minimum atomic E-state index is -0.604. The number of carbonyl (C=O) groups excluding carboxylic acids is 2. The number of pyridine rings is 1. The van der Waals surface area contributed by atoms with Crippen LogP contribution in [0.15, 0.2) is 18.4 Å². The van der Waals surface area contributed by atoms with Gasteiger partial charge >= 0.3 is 5.97 Å². The number of esters is 1. The van der Waals surface area contributed by atoms with Crippen LogP contribution >= 0.6 is 0 Å². The third kappa shape index (κ3) is 3.03. The molecule has 22 heavy (non-hydrogen) atoms. The number of carbonyl (C=O) groups is 2. The largest absolute Gasteiger partial charge is 0.494 e. The monoisotopic (exact) mass is 304 g/mol. The van der Waals surface area contributed by atoms with Crippen LogP contribution in [0.3, 0.4) is 0 Å². The minimum absolute atomic E-state index is 0.0563. The van der Waals surface area contributed by atoms with Gasteiger partial charge in [-0.15, -0.1) is 0 Å². The molecular formula is C15H16N2O5. The predicted octanol–water partition coefficient (Wildman–Crippen LogP) is 1.56. The second kappa shape index (κ2) is 6.05. The van der Waals surface area contributed by atoms with E-state index < -0.39 is 5.97 Å². The molecule has 1 aliphatic heterocycles. The quantitative estimate of drug-likeness (QED) is 0.850. The number of hydrogen-bond acceptors (Lipinski definition) is 6. The molecule has 0 radical (unpaired) electrons. The van der Waals surface area contributed by atoms with Gasteiger partial charge in [-0.3, -0.25) is 4.79 Å². The summed E-state index contributed by atoms with van der Waals surface area (Å²) < 4.78 is 15.4. The number of rotatable bonds is 4. The third-order valence-corrected chi connectivity index (χ3v) is 3.39. The van der Waals surface area contributed by atoms with Crippen molar-refractivity contribution < 1.29 is 23.8 Å². The van der Waals surface area contributed by atoms with Gasteiger partial charge in [-0.2, -0.15) is 0 Å². The SMILES string of the molecule is COC(=O)c1nc(NC(=O)C2CC2)ccc1C1=COCCO1. The molecule has 2 aliphatic rings. The van der Waals surface area contributed by atoms with Crippen LogP contribution < -0.4 is 5.32 Å². The Hall–Kier alpha value is -2.57. The van der Waals surface area contributed by atoms with Crippen molar-refractivity contribution in [2.75, 3.05) is 25.6 Å². The third-order valence-electron chi connectivity index (χ3n) is 3.39. The van der Waals surface area contributed by atoms with Crippen LogP contribution in [0.1, 0.15) is 28.9 Å². The van der Waals surface area contributed by atoms with E-state index in [9.17, 15) is 9.59 Å². The lowest BCUT2D eigenvalue weighted by Gasteiger charge is -2.17. The van der Waals surface area contributed by atoms with Crippen LogP contribution in [0.5, 0.6) is 0 Å². The lowest BCUT2D eigenvalue weighted by molar-refractivity contribution is -0.117. The van der Waals surface area contributed by atoms with Crippen LogP contribution in [0.25, 0.3) is 5.76 Å². The minimum Gasteiger partial charge on any atom is -0.494 e. The van der Waals surface area contributed by atoms with Crippen molar-refractivity contribution in [3.05, 3.63) is 29.7 Å². The summed E-state index contributed by atoms with van der Waals surface area (Å²) in [6.45, 7) is 0.854. The summed E-state index contributed by atoms with van der Waals surface area (Å²) >= 11 is 0. The van der Waals surface area contributed by atoms with E-state index >= 15 is 0 Å². The van der Waals surface area contributed by atoms with Gasteiger partial charge in [-0.25, -0.2) is 9.78 Å². The molecule has 1 N–H and O–H groups in total. The van der Waals surface area contributed by atoms with E-state index in [1.165, 1.54) is 13.4 Å². The van der Waals surface area contributed by atoms with Gasteiger partial charge < -0.3 is 19.5 Å². The normalized spacial score (nSPS) is 16.9. The molecule has 1 fully saturated rings. The van der Waals surface area contributed by atoms with E-state index in [1.54, 1.807) is 12.1 Å². The van der Waals surface area contributed by atoms with Gasteiger partial charge in [-0.05, 0) is 25.0 Å². The molecule has 1 aromatic rings. The first-order valence-corrected chi connectivity index (χ1v) is 7.04. The highest BCUT2D eigenvalue weighted by atomic mass is 16.6. The fourth-order valence-corrected chi connectivity index (χ4v) is 2.06. The number of hydrogen-bond donors (Lipinski definition) is 1. The number of nitrogens with zero attached hydrogens (tertiary/aromatic N) is 1.